The van der Waals surface area contributed by atoms with Gasteiger partial charge in [-0.05, 0) is 37.5 Å². The number of benzene rings is 1. The molecule has 2 fully saturated rings. The van der Waals surface area contributed by atoms with Gasteiger partial charge in [-0.25, -0.2) is 13.2 Å². The fourth-order valence-electron chi connectivity index (χ4n) is 5.09. The van der Waals surface area contributed by atoms with Crippen LogP contribution in [0, 0.1) is 22.9 Å². The molecule has 1 N–H and O–H groups in total. The van der Waals surface area contributed by atoms with Gasteiger partial charge in [0.05, 0.1) is 37.1 Å². The first-order valence-electron chi connectivity index (χ1n) is 10.7. The van der Waals surface area contributed by atoms with Crippen LogP contribution < -0.4 is 4.90 Å². The molecule has 1 saturated heterocycles. The first kappa shape index (κ1) is 21.0. The van der Waals surface area contributed by atoms with E-state index in [1.54, 1.807) is 20.7 Å². The van der Waals surface area contributed by atoms with E-state index in [0.29, 0.717) is 24.5 Å². The minimum atomic E-state index is -1.57. The molecule has 1 spiro atoms. The number of aliphatic hydroxyl groups excluding tert-OH is 1. The molecule has 0 bridgehead atoms. The monoisotopic (exact) mass is 448 g/mol. The summed E-state index contributed by atoms with van der Waals surface area (Å²) >= 11 is 0. The van der Waals surface area contributed by atoms with E-state index in [2.05, 4.69) is 5.10 Å². The van der Waals surface area contributed by atoms with Crippen LogP contribution >= 0.6 is 0 Å². The Bertz CT molecular complexity index is 1090. The highest BCUT2D eigenvalue weighted by atomic mass is 19.2. The number of carbonyl (C=O) groups excluding carboxylic acids is 2. The average molecular weight is 448 g/mol. The number of anilines is 1. The van der Waals surface area contributed by atoms with Crippen molar-refractivity contribution in [2.45, 2.75) is 57.8 Å². The van der Waals surface area contributed by atoms with E-state index >= 15 is 0 Å². The Labute approximate surface area is 182 Å². The van der Waals surface area contributed by atoms with Gasteiger partial charge < -0.3 is 14.9 Å². The van der Waals surface area contributed by atoms with E-state index in [1.807, 2.05) is 6.92 Å². The number of nitrogens with zero attached hydrogens (tertiary/aromatic N) is 4. The maximum atomic E-state index is 13.5. The molecule has 2 amide bonds. The Balaban J connectivity index is 1.38. The molecule has 1 aromatic heterocycles. The molecule has 170 valence electrons. The van der Waals surface area contributed by atoms with Gasteiger partial charge in [-0.2, -0.15) is 5.10 Å². The first-order chi connectivity index (χ1) is 15.2. The van der Waals surface area contributed by atoms with Crippen LogP contribution in [0.1, 0.15) is 37.4 Å². The number of halogens is 3. The molecule has 7 nitrogen and oxygen atoms in total. The maximum absolute atomic E-state index is 13.5. The van der Waals surface area contributed by atoms with Crippen molar-refractivity contribution in [3.05, 3.63) is 47.0 Å². The molecule has 10 heteroatoms. The number of hydrogen-bond acceptors (Lipinski definition) is 4. The van der Waals surface area contributed by atoms with Gasteiger partial charge in [-0.15, -0.1) is 0 Å². The predicted molar refractivity (Wildman–Crippen MR) is 107 cm³/mol. The number of amides is 2. The lowest BCUT2D eigenvalue weighted by molar-refractivity contribution is -0.134. The molecule has 1 aromatic carbocycles. The van der Waals surface area contributed by atoms with Gasteiger partial charge in [0.15, 0.2) is 17.5 Å². The number of fused-ring (bicyclic) bond motifs is 1. The highest BCUT2D eigenvalue weighted by Crippen LogP contribution is 2.50. The third-order valence-electron chi connectivity index (χ3n) is 7.13. The molecule has 1 unspecified atom stereocenters. The van der Waals surface area contributed by atoms with Crippen LogP contribution in [0.2, 0.25) is 0 Å². The Morgan fingerprint density at radius 3 is 2.53 bits per heavy atom. The van der Waals surface area contributed by atoms with Crippen LogP contribution in [0.25, 0.3) is 0 Å². The molecule has 3 heterocycles. The molecule has 1 aliphatic carbocycles. The predicted octanol–water partition coefficient (Wildman–Crippen LogP) is 2.15. The van der Waals surface area contributed by atoms with E-state index in [1.165, 1.54) is 0 Å². The summed E-state index contributed by atoms with van der Waals surface area (Å²) in [5.41, 5.74) is 0.883. The quantitative estimate of drug-likeness (QED) is 0.730. The zero-order valence-electron chi connectivity index (χ0n) is 17.5. The van der Waals surface area contributed by atoms with Gasteiger partial charge in [0, 0.05) is 18.0 Å². The minimum Gasteiger partial charge on any atom is -0.383 e. The summed E-state index contributed by atoms with van der Waals surface area (Å²) in [6, 6.07) is 1.40. The van der Waals surface area contributed by atoms with E-state index in [4.69, 9.17) is 0 Å². The third-order valence-corrected chi connectivity index (χ3v) is 7.13. The van der Waals surface area contributed by atoms with E-state index in [9.17, 15) is 27.9 Å². The summed E-state index contributed by atoms with van der Waals surface area (Å²) in [6.45, 7) is 2.81. The SMILES string of the molecule is C[C@H]1Cn2ncc(N3CC4(CCC4)C(O)C3=O)c2CN1C(=O)Cc1cc(F)c(F)c(F)c1. The molecule has 0 radical (unpaired) electrons. The topological polar surface area (TPSA) is 78.7 Å². The van der Waals surface area contributed by atoms with Crippen molar-refractivity contribution in [2.75, 3.05) is 11.4 Å². The zero-order valence-corrected chi connectivity index (χ0v) is 17.5. The lowest BCUT2D eigenvalue weighted by Gasteiger charge is -2.39. The number of rotatable bonds is 3. The number of carbonyl (C=O) groups is 2. The molecule has 2 atom stereocenters. The van der Waals surface area contributed by atoms with Crippen LogP contribution in [-0.4, -0.2) is 50.3 Å². The van der Waals surface area contributed by atoms with Gasteiger partial charge in [-0.3, -0.25) is 14.3 Å². The van der Waals surface area contributed by atoms with E-state index < -0.39 is 29.0 Å². The van der Waals surface area contributed by atoms with Gasteiger partial charge in [0.2, 0.25) is 5.91 Å². The molecule has 2 aliphatic heterocycles. The number of aromatic nitrogens is 2. The molecular weight excluding hydrogens is 425 g/mol. The van der Waals surface area contributed by atoms with Crippen LogP contribution in [0.5, 0.6) is 0 Å². The van der Waals surface area contributed by atoms with Gasteiger partial charge >= 0.3 is 0 Å². The molecule has 1 saturated carbocycles. The van der Waals surface area contributed by atoms with Gasteiger partial charge in [0.1, 0.15) is 6.10 Å². The van der Waals surface area contributed by atoms with Crippen molar-refractivity contribution in [3.8, 4) is 0 Å². The van der Waals surface area contributed by atoms with Crippen molar-refractivity contribution in [1.82, 2.24) is 14.7 Å². The van der Waals surface area contributed by atoms with Crippen molar-refractivity contribution >= 4 is 17.5 Å². The van der Waals surface area contributed by atoms with Crippen LogP contribution in [-0.2, 0) is 29.1 Å². The fourth-order valence-corrected chi connectivity index (χ4v) is 5.09. The molecular formula is C22H23F3N4O3. The number of hydrogen-bond donors (Lipinski definition) is 1. The maximum Gasteiger partial charge on any atom is 0.256 e. The third kappa shape index (κ3) is 3.11. The number of aliphatic hydroxyl groups is 1. The van der Waals surface area contributed by atoms with Crippen molar-refractivity contribution < 1.29 is 27.9 Å². The Hall–Kier alpha value is -2.88. The smallest absolute Gasteiger partial charge is 0.256 e. The van der Waals surface area contributed by atoms with Crippen molar-refractivity contribution in [3.63, 3.8) is 0 Å². The summed E-state index contributed by atoms with van der Waals surface area (Å²) < 4.78 is 42.1. The molecule has 5 rings (SSSR count). The minimum absolute atomic E-state index is 0.0441. The fraction of sp³-hybridized carbons (Fsp3) is 0.500. The van der Waals surface area contributed by atoms with Gasteiger partial charge in [-0.1, -0.05) is 6.42 Å². The van der Waals surface area contributed by atoms with Gasteiger partial charge in [0.25, 0.3) is 5.91 Å². The Kier molecular flexibility index (Phi) is 4.81. The standard InChI is InChI=1S/C22H23F3N4O3/c1-12-9-29-17(10-27(12)18(30)7-13-5-14(23)19(25)15(24)6-13)16(8-26-29)28-11-22(3-2-4-22)20(31)21(28)32/h5-6,8,12,20,31H,2-4,7,9-11H2,1H3/t12-,20?/m0/s1. The Morgan fingerprint density at radius 1 is 1.25 bits per heavy atom. The molecule has 32 heavy (non-hydrogen) atoms. The summed E-state index contributed by atoms with van der Waals surface area (Å²) in [5.74, 6) is -4.96. The second-order valence-corrected chi connectivity index (χ2v) is 9.12. The largest absolute Gasteiger partial charge is 0.383 e. The molecule has 3 aliphatic rings. The molecule has 2 aromatic rings. The van der Waals surface area contributed by atoms with Crippen LogP contribution in [0.15, 0.2) is 18.3 Å². The second-order valence-electron chi connectivity index (χ2n) is 9.12. The lowest BCUT2D eigenvalue weighted by Crippen LogP contribution is -2.46. The van der Waals surface area contributed by atoms with Crippen LogP contribution in [0.3, 0.4) is 0 Å². The van der Waals surface area contributed by atoms with Crippen molar-refractivity contribution in [2.24, 2.45) is 5.41 Å². The summed E-state index contributed by atoms with van der Waals surface area (Å²) in [5, 5.41) is 14.9. The average Bonchev–Trinajstić information content (AvgIpc) is 3.23. The first-order valence-corrected chi connectivity index (χ1v) is 10.7. The summed E-state index contributed by atoms with van der Waals surface area (Å²) in [7, 11) is 0. The van der Waals surface area contributed by atoms with E-state index in [-0.39, 0.29) is 36.4 Å². The summed E-state index contributed by atoms with van der Waals surface area (Å²) in [4.78, 5) is 28.9. The summed E-state index contributed by atoms with van der Waals surface area (Å²) in [6.07, 6.45) is 2.85. The lowest BCUT2D eigenvalue weighted by atomic mass is 9.67. The highest BCUT2D eigenvalue weighted by Gasteiger charge is 2.55. The second kappa shape index (κ2) is 7.33. The zero-order chi connectivity index (χ0) is 22.8. The van der Waals surface area contributed by atoms with E-state index in [0.717, 1.165) is 31.4 Å². The Morgan fingerprint density at radius 2 is 1.94 bits per heavy atom. The van der Waals surface area contributed by atoms with Crippen LogP contribution in [0.4, 0.5) is 18.9 Å². The normalized spacial score (nSPS) is 24.1. The van der Waals surface area contributed by atoms with Crippen molar-refractivity contribution in [1.29, 1.82) is 0 Å². The highest BCUT2D eigenvalue weighted by molar-refractivity contribution is 6.00.